The van der Waals surface area contributed by atoms with Crippen LogP contribution in [0.1, 0.15) is 6.42 Å². The van der Waals surface area contributed by atoms with Gasteiger partial charge in [-0.15, -0.1) is 0 Å². The molecule has 0 fully saturated rings. The first-order chi connectivity index (χ1) is 3.35. The van der Waals surface area contributed by atoms with E-state index in [0.29, 0.717) is 6.42 Å². The molecule has 3 heteroatoms. The molecule has 2 nitrogen and oxygen atoms in total. The second-order valence-electron chi connectivity index (χ2n) is 1.52. The first-order valence-corrected chi connectivity index (χ1v) is 2.36. The number of rotatable bonds is 3. The van der Waals surface area contributed by atoms with E-state index in [-0.39, 0.29) is 19.1 Å². The molecule has 0 aromatic carbocycles. The van der Waals surface area contributed by atoms with Crippen LogP contribution in [0.2, 0.25) is 0 Å². The van der Waals surface area contributed by atoms with E-state index >= 15 is 0 Å². The predicted molar refractivity (Wildman–Crippen MR) is 27.6 cm³/mol. The Morgan fingerprint density at radius 2 is 1.62 bits per heavy atom. The average molecular weight is 370 g/mol. The minimum absolute atomic E-state index is 0. The molecule has 0 saturated carbocycles. The Morgan fingerprint density at radius 3 is 1.62 bits per heavy atom. The number of aliphatic hydroxyl groups is 2. The Hall–Kier alpha value is -1.08. The fraction of sp³-hybridized carbons (Fsp3) is 0.800. The van der Waals surface area contributed by atoms with E-state index in [2.05, 4.69) is 6.92 Å². The fourth-order valence-electron chi connectivity index (χ4n) is 0.240. The van der Waals surface area contributed by atoms with Gasteiger partial charge in [0.2, 0.25) is 0 Å². The van der Waals surface area contributed by atoms with Gasteiger partial charge in [-0.3, -0.25) is 0 Å². The predicted octanol–water partition coefficient (Wildman–Crippen LogP) is -0.189. The van der Waals surface area contributed by atoms with E-state index in [1.165, 1.54) is 0 Å². The largest absolute Gasteiger partial charge is 0.396 e. The topological polar surface area (TPSA) is 40.5 Å². The zero-order valence-electron chi connectivity index (χ0n) is 5.01. The first kappa shape index (κ1) is 10.0. The van der Waals surface area contributed by atoms with Crippen molar-refractivity contribution in [3.63, 3.8) is 0 Å². The molecule has 2 N–H and O–H groups in total. The third-order valence-corrected chi connectivity index (χ3v) is 0.925. The van der Waals surface area contributed by atoms with Gasteiger partial charge < -0.3 is 17.1 Å². The maximum absolute atomic E-state index is 8.33. The molecule has 0 atom stereocenters. The van der Waals surface area contributed by atoms with Crippen molar-refractivity contribution in [1.82, 2.24) is 0 Å². The summed E-state index contributed by atoms with van der Waals surface area (Å²) in [5, 5.41) is 16.7. The van der Waals surface area contributed by atoms with E-state index in [1.54, 1.807) is 0 Å². The number of hydrogen-bond acceptors (Lipinski definition) is 2. The Kier molecular flexibility index (Phi) is 7.41. The molecule has 8 heavy (non-hydrogen) atoms. The molecule has 0 aliphatic rings. The summed E-state index contributed by atoms with van der Waals surface area (Å²) in [6, 6.07) is 0. The van der Waals surface area contributed by atoms with E-state index in [1.807, 2.05) is 0 Å². The van der Waals surface area contributed by atoms with Crippen LogP contribution in [0.4, 0.5) is 0 Å². The Balaban J connectivity index is 0. The Bertz CT molecular complexity index is 31.9. The second kappa shape index (κ2) is 5.92. The van der Waals surface area contributed by atoms with Crippen molar-refractivity contribution in [2.24, 2.45) is 5.92 Å². The number of aliphatic hydroxyl groups excluding tert-OH is 2. The van der Waals surface area contributed by atoms with Crippen LogP contribution in [0.15, 0.2) is 0 Å². The molecule has 0 unspecified atom stereocenters. The molecule has 0 radical (unpaired) electrons. The number of hydrogen-bond donors (Lipinski definition) is 2. The molecule has 0 heterocycles. The van der Waals surface area contributed by atoms with Gasteiger partial charge in [0.15, 0.2) is 0 Å². The van der Waals surface area contributed by atoms with Crippen LogP contribution in [0, 0.1) is 12.8 Å². The van der Waals surface area contributed by atoms with Crippen LogP contribution in [0.5, 0.6) is 0 Å². The summed E-state index contributed by atoms with van der Waals surface area (Å²) in [4.78, 5) is 0. The van der Waals surface area contributed by atoms with Crippen LogP contribution >= 0.6 is 0 Å². The van der Waals surface area contributed by atoms with Crippen LogP contribution < -0.4 is 0 Å². The molecular weight excluding hydrogens is 359 g/mol. The smallest absolute Gasteiger partial charge is 0.0456 e. The summed E-state index contributed by atoms with van der Waals surface area (Å²) in [7, 11) is 0. The molecular formula is C5H11O2Rf-. The summed E-state index contributed by atoms with van der Waals surface area (Å²) in [5.41, 5.74) is 0. The molecule has 0 aromatic rings. The van der Waals surface area contributed by atoms with Gasteiger partial charge in [-0.2, -0.15) is 6.42 Å². The quantitative estimate of drug-likeness (QED) is 0.677. The van der Waals surface area contributed by atoms with E-state index in [0.717, 1.165) is 0 Å². The average Bonchev–Trinajstić information content (AvgIpc) is 1.72. The van der Waals surface area contributed by atoms with Crippen LogP contribution in [0.25, 0.3) is 0 Å². The van der Waals surface area contributed by atoms with Gasteiger partial charge in [0.25, 0.3) is 0 Å². The molecule has 0 aromatic heterocycles. The molecule has 0 bridgehead atoms. The van der Waals surface area contributed by atoms with E-state index in [4.69, 9.17) is 10.2 Å². The third kappa shape index (κ3) is 3.12. The molecule has 0 saturated heterocycles. The normalized spacial score (nSPS) is 9.00. The molecule has 0 amide bonds. The molecule has 0 spiro atoms. The Labute approximate surface area is 43.8 Å². The summed E-state index contributed by atoms with van der Waals surface area (Å²) in [5.74, 6) is -0.0139. The van der Waals surface area contributed by atoms with Gasteiger partial charge in [0.05, 0.1) is 0 Å². The monoisotopic (exact) mass is 370 g/mol. The fourth-order valence-corrected chi connectivity index (χ4v) is 0.240. The van der Waals surface area contributed by atoms with Crippen LogP contribution in [-0.2, 0) is 0 Å². The van der Waals surface area contributed by atoms with Crippen LogP contribution in [0.3, 0.4) is 0 Å². The van der Waals surface area contributed by atoms with Crippen molar-refractivity contribution in [2.45, 2.75) is 6.42 Å². The third-order valence-electron chi connectivity index (χ3n) is 0.925. The minimum Gasteiger partial charge on any atom is -0.396 e. The SMILES string of the molecule is [CH2-]CC(CO)CO.[Rf]. The van der Waals surface area contributed by atoms with Crippen molar-refractivity contribution < 1.29 is 10.2 Å². The maximum atomic E-state index is 8.33. The van der Waals surface area contributed by atoms with Crippen molar-refractivity contribution in [1.29, 1.82) is 0 Å². The standard InChI is InChI=1S/C5H11O2.Rf/c1-2-5(3-6)4-7;/h5-7H,1-4H2;/q-1;. The van der Waals surface area contributed by atoms with Gasteiger partial charge in [-0.05, 0) is 5.92 Å². The second-order valence-corrected chi connectivity index (χ2v) is 1.52. The molecule has 0 aliphatic carbocycles. The summed E-state index contributed by atoms with van der Waals surface area (Å²) in [6.07, 6.45) is 0.604. The zero-order valence-corrected chi connectivity index (χ0v) is 11.4. The summed E-state index contributed by atoms with van der Waals surface area (Å²) >= 11 is 0. The summed E-state index contributed by atoms with van der Waals surface area (Å²) < 4.78 is 0. The minimum atomic E-state index is -0.0139. The first-order valence-electron chi connectivity index (χ1n) is 2.36. The van der Waals surface area contributed by atoms with Crippen molar-refractivity contribution in [2.75, 3.05) is 13.2 Å². The van der Waals surface area contributed by atoms with Gasteiger partial charge in [0, 0.05) is 13.2 Å². The van der Waals surface area contributed by atoms with Gasteiger partial charge >= 0.3 is 0 Å². The van der Waals surface area contributed by atoms with Crippen LogP contribution in [-0.4, -0.2) is 23.4 Å². The molecule has 0 rings (SSSR count). The van der Waals surface area contributed by atoms with Crippen molar-refractivity contribution in [3.8, 4) is 0 Å². The zero-order chi connectivity index (χ0) is 5.70. The van der Waals surface area contributed by atoms with Gasteiger partial charge in [-0.25, -0.2) is 0 Å². The van der Waals surface area contributed by atoms with E-state index in [9.17, 15) is 0 Å². The van der Waals surface area contributed by atoms with E-state index < -0.39 is 0 Å². The van der Waals surface area contributed by atoms with Crippen molar-refractivity contribution in [3.05, 3.63) is 6.92 Å². The molecule has 46 valence electrons. The van der Waals surface area contributed by atoms with Crippen molar-refractivity contribution >= 4 is 0 Å². The summed E-state index contributed by atoms with van der Waals surface area (Å²) in [6.45, 7) is 3.59. The maximum Gasteiger partial charge on any atom is 0.0456 e. The Morgan fingerprint density at radius 1 is 1.25 bits per heavy atom. The van der Waals surface area contributed by atoms with Gasteiger partial charge in [0.1, 0.15) is 0 Å². The van der Waals surface area contributed by atoms with Gasteiger partial charge in [-0.1, -0.05) is 0 Å². The molecule has 0 aliphatic heterocycles.